The Kier molecular flexibility index (Phi) is 7.66. The van der Waals surface area contributed by atoms with Crippen molar-refractivity contribution in [1.29, 1.82) is 0 Å². The second-order valence-corrected chi connectivity index (χ2v) is 9.24. The van der Waals surface area contributed by atoms with E-state index in [-0.39, 0.29) is 17.1 Å². The van der Waals surface area contributed by atoms with Crippen LogP contribution in [-0.2, 0) is 27.7 Å². The van der Waals surface area contributed by atoms with Crippen molar-refractivity contribution >= 4 is 21.6 Å². The first kappa shape index (κ1) is 23.5. The number of benzene rings is 3. The van der Waals surface area contributed by atoms with Gasteiger partial charge >= 0.3 is 0 Å². The molecule has 0 radical (unpaired) electrons. The summed E-state index contributed by atoms with van der Waals surface area (Å²) in [6.45, 7) is 3.85. The molecule has 7 heteroatoms. The van der Waals surface area contributed by atoms with Gasteiger partial charge in [0.25, 0.3) is 0 Å². The summed E-state index contributed by atoms with van der Waals surface area (Å²) in [4.78, 5) is 13.1. The molecule has 32 heavy (non-hydrogen) atoms. The molecule has 0 unspecified atom stereocenters. The van der Waals surface area contributed by atoms with Crippen molar-refractivity contribution in [1.82, 2.24) is 4.72 Å². The van der Waals surface area contributed by atoms with Crippen LogP contribution in [0.3, 0.4) is 0 Å². The second-order valence-electron chi connectivity index (χ2n) is 7.56. The molecule has 3 rings (SSSR count). The van der Waals surface area contributed by atoms with Gasteiger partial charge in [0.2, 0.25) is 15.9 Å². The Morgan fingerprint density at radius 2 is 1.66 bits per heavy atom. The van der Waals surface area contributed by atoms with E-state index in [1.54, 1.807) is 19.1 Å². The van der Waals surface area contributed by atoms with Gasteiger partial charge in [-0.3, -0.25) is 4.79 Å². The molecule has 0 saturated heterocycles. The predicted molar refractivity (Wildman–Crippen MR) is 126 cm³/mol. The molecule has 6 nitrogen and oxygen atoms in total. The van der Waals surface area contributed by atoms with E-state index in [9.17, 15) is 13.2 Å². The Morgan fingerprint density at radius 1 is 0.969 bits per heavy atom. The van der Waals surface area contributed by atoms with Crippen LogP contribution in [0.2, 0.25) is 0 Å². The van der Waals surface area contributed by atoms with Crippen LogP contribution >= 0.6 is 0 Å². The minimum Gasteiger partial charge on any atom is -0.495 e. The molecule has 1 amide bonds. The average Bonchev–Trinajstić information content (AvgIpc) is 2.79. The lowest BCUT2D eigenvalue weighted by Crippen LogP contribution is -2.45. The molecule has 168 valence electrons. The SMILES string of the molecule is CCc1ccc(NC(=O)[C@@H](Cc2ccccc2)NS(=O)(=O)c2cc(C)ccc2OC)cc1. The van der Waals surface area contributed by atoms with Gasteiger partial charge in [-0.25, -0.2) is 8.42 Å². The van der Waals surface area contributed by atoms with Crippen molar-refractivity contribution in [3.8, 4) is 5.75 Å². The third-order valence-corrected chi connectivity index (χ3v) is 6.63. The lowest BCUT2D eigenvalue weighted by molar-refractivity contribution is -0.117. The standard InChI is InChI=1S/C25H28N2O4S/c1-4-19-11-13-21(14-12-19)26-25(28)22(17-20-8-6-5-7-9-20)27-32(29,30)24-16-18(2)10-15-23(24)31-3/h5-16,22,27H,4,17H2,1-3H3,(H,26,28)/t22-/m1/s1. The minimum absolute atomic E-state index is 0.00170. The number of amides is 1. The van der Waals surface area contributed by atoms with Gasteiger partial charge in [0.05, 0.1) is 7.11 Å². The van der Waals surface area contributed by atoms with Gasteiger partial charge in [0.15, 0.2) is 0 Å². The molecule has 0 aromatic heterocycles. The fourth-order valence-corrected chi connectivity index (χ4v) is 4.78. The molecule has 0 fully saturated rings. The number of carbonyl (C=O) groups is 1. The maximum atomic E-state index is 13.2. The minimum atomic E-state index is -4.03. The fraction of sp³-hybridized carbons (Fsp3) is 0.240. The number of ether oxygens (including phenoxy) is 1. The molecule has 0 saturated carbocycles. The lowest BCUT2D eigenvalue weighted by atomic mass is 10.1. The van der Waals surface area contributed by atoms with Crippen LogP contribution in [0.25, 0.3) is 0 Å². The van der Waals surface area contributed by atoms with E-state index < -0.39 is 22.0 Å². The van der Waals surface area contributed by atoms with E-state index in [4.69, 9.17) is 4.74 Å². The highest BCUT2D eigenvalue weighted by molar-refractivity contribution is 7.89. The van der Waals surface area contributed by atoms with Crippen LogP contribution in [0.5, 0.6) is 5.75 Å². The number of rotatable bonds is 9. The first-order valence-electron chi connectivity index (χ1n) is 10.4. The summed E-state index contributed by atoms with van der Waals surface area (Å²) in [5.41, 5.74) is 3.37. The number of hydrogen-bond donors (Lipinski definition) is 2. The molecule has 3 aromatic rings. The molecule has 0 heterocycles. The van der Waals surface area contributed by atoms with Crippen molar-refractivity contribution in [2.45, 2.75) is 37.6 Å². The quantitative estimate of drug-likeness (QED) is 0.512. The van der Waals surface area contributed by atoms with E-state index in [2.05, 4.69) is 17.0 Å². The Bertz CT molecular complexity index is 1160. The third-order valence-electron chi connectivity index (χ3n) is 5.13. The Labute approximate surface area is 189 Å². The van der Waals surface area contributed by atoms with Crippen molar-refractivity contribution in [3.05, 3.63) is 89.5 Å². The van der Waals surface area contributed by atoms with E-state index in [0.717, 1.165) is 23.1 Å². The summed E-state index contributed by atoms with van der Waals surface area (Å²) < 4.78 is 34.3. The maximum absolute atomic E-state index is 13.2. The van der Waals surface area contributed by atoms with Crippen LogP contribution in [0.4, 0.5) is 5.69 Å². The van der Waals surface area contributed by atoms with E-state index in [1.807, 2.05) is 54.6 Å². The smallest absolute Gasteiger partial charge is 0.245 e. The summed E-state index contributed by atoms with van der Waals surface area (Å²) in [5, 5.41) is 2.83. The Balaban J connectivity index is 1.89. The summed E-state index contributed by atoms with van der Waals surface area (Å²) >= 11 is 0. The average molecular weight is 453 g/mol. The largest absolute Gasteiger partial charge is 0.495 e. The zero-order chi connectivity index (χ0) is 23.1. The number of methoxy groups -OCH3 is 1. The first-order valence-corrected chi connectivity index (χ1v) is 11.9. The van der Waals surface area contributed by atoms with Gasteiger partial charge in [-0.1, -0.05) is 55.5 Å². The van der Waals surface area contributed by atoms with Crippen molar-refractivity contribution in [2.24, 2.45) is 0 Å². The maximum Gasteiger partial charge on any atom is 0.245 e. The number of hydrogen-bond acceptors (Lipinski definition) is 4. The normalized spacial score (nSPS) is 12.2. The molecule has 3 aromatic carbocycles. The van der Waals surface area contributed by atoms with Crippen molar-refractivity contribution < 1.29 is 17.9 Å². The van der Waals surface area contributed by atoms with Crippen LogP contribution in [0.15, 0.2) is 77.7 Å². The molecular weight excluding hydrogens is 424 g/mol. The number of anilines is 1. The molecule has 0 spiro atoms. The molecule has 1 atom stereocenters. The number of aryl methyl sites for hydroxylation is 2. The molecule has 0 aliphatic carbocycles. The van der Waals surface area contributed by atoms with Crippen molar-refractivity contribution in [3.63, 3.8) is 0 Å². The monoisotopic (exact) mass is 452 g/mol. The molecule has 0 aliphatic heterocycles. The van der Waals surface area contributed by atoms with Gasteiger partial charge < -0.3 is 10.1 Å². The van der Waals surface area contributed by atoms with Gasteiger partial charge in [0.1, 0.15) is 16.7 Å². The molecule has 0 bridgehead atoms. The van der Waals surface area contributed by atoms with Gasteiger partial charge in [-0.05, 0) is 60.7 Å². The van der Waals surface area contributed by atoms with Gasteiger partial charge in [0, 0.05) is 5.69 Å². The second kappa shape index (κ2) is 10.4. The Morgan fingerprint density at radius 3 is 2.28 bits per heavy atom. The van der Waals surface area contributed by atoms with E-state index in [0.29, 0.717) is 5.69 Å². The molecule has 2 N–H and O–H groups in total. The predicted octanol–water partition coefficient (Wildman–Crippen LogP) is 4.09. The van der Waals surface area contributed by atoms with Crippen LogP contribution in [0, 0.1) is 6.92 Å². The van der Waals surface area contributed by atoms with E-state index in [1.165, 1.54) is 13.2 Å². The summed E-state index contributed by atoms with van der Waals surface area (Å²) in [5.74, 6) is -0.217. The van der Waals surface area contributed by atoms with Gasteiger partial charge in [-0.2, -0.15) is 4.72 Å². The highest BCUT2D eigenvalue weighted by Gasteiger charge is 2.28. The number of carbonyl (C=O) groups excluding carboxylic acids is 1. The fourth-order valence-electron chi connectivity index (χ4n) is 3.34. The topological polar surface area (TPSA) is 84.5 Å². The van der Waals surface area contributed by atoms with Crippen LogP contribution < -0.4 is 14.8 Å². The zero-order valence-corrected chi connectivity index (χ0v) is 19.3. The van der Waals surface area contributed by atoms with Crippen molar-refractivity contribution in [2.75, 3.05) is 12.4 Å². The lowest BCUT2D eigenvalue weighted by Gasteiger charge is -2.20. The zero-order valence-electron chi connectivity index (χ0n) is 18.5. The number of nitrogens with one attached hydrogen (secondary N) is 2. The highest BCUT2D eigenvalue weighted by atomic mass is 32.2. The first-order chi connectivity index (χ1) is 15.3. The molecule has 0 aliphatic rings. The van der Waals surface area contributed by atoms with E-state index >= 15 is 0 Å². The molecular formula is C25H28N2O4S. The Hall–Kier alpha value is -3.16. The van der Waals surface area contributed by atoms with Gasteiger partial charge in [-0.15, -0.1) is 0 Å². The summed E-state index contributed by atoms with van der Waals surface area (Å²) in [7, 11) is -2.61. The van der Waals surface area contributed by atoms with Crippen LogP contribution in [0.1, 0.15) is 23.6 Å². The highest BCUT2D eigenvalue weighted by Crippen LogP contribution is 2.25. The van der Waals surface area contributed by atoms with Crippen LogP contribution in [-0.4, -0.2) is 27.5 Å². The summed E-state index contributed by atoms with van der Waals surface area (Å²) in [6, 6.07) is 20.7. The number of sulfonamides is 1. The summed E-state index contributed by atoms with van der Waals surface area (Å²) in [6.07, 6.45) is 1.09. The third kappa shape index (κ3) is 5.96.